The van der Waals surface area contributed by atoms with Gasteiger partial charge in [0.15, 0.2) is 5.84 Å². The van der Waals surface area contributed by atoms with Crippen LogP contribution in [0.25, 0.3) is 0 Å². The van der Waals surface area contributed by atoms with Gasteiger partial charge >= 0.3 is 0 Å². The highest BCUT2D eigenvalue weighted by Gasteiger charge is 2.31. The third-order valence-corrected chi connectivity index (χ3v) is 4.70. The topological polar surface area (TPSA) is 70.6 Å². The van der Waals surface area contributed by atoms with Crippen molar-refractivity contribution in [1.29, 1.82) is 0 Å². The van der Waals surface area contributed by atoms with Gasteiger partial charge in [-0.2, -0.15) is 5.10 Å². The molecule has 108 valence electrons. The van der Waals surface area contributed by atoms with Crippen molar-refractivity contribution in [1.82, 2.24) is 5.32 Å². The molecule has 1 fully saturated rings. The summed E-state index contributed by atoms with van der Waals surface area (Å²) in [5.41, 5.74) is 2.27. The molecule has 1 aromatic rings. The quantitative estimate of drug-likeness (QED) is 0.584. The van der Waals surface area contributed by atoms with Crippen LogP contribution in [0.1, 0.15) is 55.7 Å². The van der Waals surface area contributed by atoms with Crippen LogP contribution in [-0.2, 0) is 0 Å². The second-order valence-corrected chi connectivity index (χ2v) is 5.96. The summed E-state index contributed by atoms with van der Waals surface area (Å²) in [5, 5.41) is 17.7. The molecule has 0 amide bonds. The number of amidine groups is 1. The van der Waals surface area contributed by atoms with Gasteiger partial charge in [-0.1, -0.05) is 43.5 Å². The maximum absolute atomic E-state index is 10.5. The van der Waals surface area contributed by atoms with Gasteiger partial charge in [-0.3, -0.25) is 0 Å². The summed E-state index contributed by atoms with van der Waals surface area (Å²) in [4.78, 5) is 0. The first-order valence-corrected chi connectivity index (χ1v) is 7.61. The lowest BCUT2D eigenvalue weighted by Crippen LogP contribution is -2.29. The largest absolute Gasteiger partial charge is 0.393 e. The Morgan fingerprint density at radius 1 is 1.25 bits per heavy atom. The third-order valence-electron chi connectivity index (χ3n) is 4.70. The average Bonchev–Trinajstić information content (AvgIpc) is 2.86. The van der Waals surface area contributed by atoms with E-state index in [0.29, 0.717) is 5.92 Å². The average molecular weight is 273 g/mol. The molecule has 0 aromatic heterocycles. The molecule has 1 saturated carbocycles. The van der Waals surface area contributed by atoms with Gasteiger partial charge in [-0.15, -0.1) is 0 Å². The van der Waals surface area contributed by atoms with Crippen LogP contribution < -0.4 is 11.2 Å². The lowest BCUT2D eigenvalue weighted by atomic mass is 9.82. The van der Waals surface area contributed by atoms with Crippen LogP contribution in [0, 0.1) is 5.92 Å². The van der Waals surface area contributed by atoms with Crippen LogP contribution in [0.2, 0.25) is 0 Å². The van der Waals surface area contributed by atoms with Gasteiger partial charge in [-0.05, 0) is 30.7 Å². The van der Waals surface area contributed by atoms with Gasteiger partial charge in [0.1, 0.15) is 0 Å². The van der Waals surface area contributed by atoms with E-state index in [9.17, 15) is 5.11 Å². The minimum atomic E-state index is -0.238. The third kappa shape index (κ3) is 2.52. The summed E-state index contributed by atoms with van der Waals surface area (Å²) in [6.07, 6.45) is 6.65. The first-order valence-electron chi connectivity index (χ1n) is 7.61. The van der Waals surface area contributed by atoms with E-state index >= 15 is 0 Å². The fourth-order valence-corrected chi connectivity index (χ4v) is 3.58. The summed E-state index contributed by atoms with van der Waals surface area (Å²) in [6, 6.07) is 8.27. The highest BCUT2D eigenvalue weighted by molar-refractivity contribution is 6.03. The van der Waals surface area contributed by atoms with Gasteiger partial charge in [0.2, 0.25) is 0 Å². The second kappa shape index (κ2) is 5.83. The Balaban J connectivity index is 1.72. The number of aliphatic hydroxyl groups is 1. The van der Waals surface area contributed by atoms with Crippen molar-refractivity contribution in [3.05, 3.63) is 35.4 Å². The van der Waals surface area contributed by atoms with E-state index in [1.165, 1.54) is 24.8 Å². The Hall–Kier alpha value is -1.55. The highest BCUT2D eigenvalue weighted by atomic mass is 16.3. The van der Waals surface area contributed by atoms with E-state index in [4.69, 9.17) is 5.84 Å². The van der Waals surface area contributed by atoms with E-state index in [1.807, 2.05) is 18.2 Å². The highest BCUT2D eigenvalue weighted by Crippen LogP contribution is 2.34. The zero-order valence-corrected chi connectivity index (χ0v) is 11.8. The molecule has 4 nitrogen and oxygen atoms in total. The van der Waals surface area contributed by atoms with E-state index in [0.717, 1.165) is 30.7 Å². The molecular formula is C16H23N3O. The summed E-state index contributed by atoms with van der Waals surface area (Å²) in [7, 11) is 0. The normalized spacial score (nSPS) is 26.2. The number of hydrogen-bond donors (Lipinski definition) is 3. The number of benzene rings is 1. The predicted molar refractivity (Wildman–Crippen MR) is 80.2 cm³/mol. The molecule has 4 N–H and O–H groups in total. The van der Waals surface area contributed by atoms with Crippen LogP contribution in [0.5, 0.6) is 0 Å². The van der Waals surface area contributed by atoms with E-state index < -0.39 is 0 Å². The molecule has 1 heterocycles. The molecular weight excluding hydrogens is 250 g/mol. The van der Waals surface area contributed by atoms with Crippen LogP contribution in [0.15, 0.2) is 29.4 Å². The van der Waals surface area contributed by atoms with E-state index in [-0.39, 0.29) is 12.1 Å². The summed E-state index contributed by atoms with van der Waals surface area (Å²) < 4.78 is 0. The van der Waals surface area contributed by atoms with Crippen LogP contribution >= 0.6 is 0 Å². The zero-order chi connectivity index (χ0) is 13.9. The second-order valence-electron chi connectivity index (χ2n) is 5.96. The van der Waals surface area contributed by atoms with Crippen molar-refractivity contribution in [3.63, 3.8) is 0 Å². The lowest BCUT2D eigenvalue weighted by molar-refractivity contribution is 0.0698. The van der Waals surface area contributed by atoms with Crippen molar-refractivity contribution in [3.8, 4) is 0 Å². The van der Waals surface area contributed by atoms with Crippen molar-refractivity contribution in [2.45, 2.75) is 50.7 Å². The minimum absolute atomic E-state index is 0.130. The number of nitrogens with zero attached hydrogens (tertiary/aromatic N) is 1. The molecule has 2 unspecified atom stereocenters. The molecule has 4 heteroatoms. The first-order chi connectivity index (χ1) is 9.79. The Kier molecular flexibility index (Phi) is 3.92. The number of aliphatic hydroxyl groups excluding tert-OH is 1. The lowest BCUT2D eigenvalue weighted by Gasteiger charge is -2.28. The molecule has 1 aliphatic carbocycles. The number of nitrogens with two attached hydrogens (primary N) is 1. The van der Waals surface area contributed by atoms with Gasteiger partial charge in [0.05, 0.1) is 12.1 Å². The molecule has 2 aliphatic rings. The van der Waals surface area contributed by atoms with Crippen molar-refractivity contribution < 1.29 is 5.11 Å². The van der Waals surface area contributed by atoms with Gasteiger partial charge < -0.3 is 16.3 Å². The predicted octanol–water partition coefficient (Wildman–Crippen LogP) is 2.28. The number of rotatable bonds is 3. The summed E-state index contributed by atoms with van der Waals surface area (Å²) in [6.45, 7) is 0. The molecule has 0 radical (unpaired) electrons. The maximum atomic E-state index is 10.5. The molecule has 3 rings (SSSR count). The Bertz CT molecular complexity index is 494. The first kappa shape index (κ1) is 13.4. The van der Waals surface area contributed by atoms with Crippen LogP contribution in [-0.4, -0.2) is 17.0 Å². The van der Waals surface area contributed by atoms with Crippen molar-refractivity contribution in [2.24, 2.45) is 16.9 Å². The van der Waals surface area contributed by atoms with Crippen molar-refractivity contribution >= 4 is 5.84 Å². The summed E-state index contributed by atoms with van der Waals surface area (Å²) >= 11 is 0. The molecule has 0 bridgehead atoms. The Labute approximate surface area is 120 Å². The van der Waals surface area contributed by atoms with E-state index in [1.54, 1.807) is 0 Å². The van der Waals surface area contributed by atoms with Crippen molar-refractivity contribution in [2.75, 3.05) is 0 Å². The Morgan fingerprint density at radius 3 is 2.75 bits per heavy atom. The minimum Gasteiger partial charge on any atom is -0.393 e. The van der Waals surface area contributed by atoms with Gasteiger partial charge in [-0.25, -0.2) is 0 Å². The van der Waals surface area contributed by atoms with Gasteiger partial charge in [0.25, 0.3) is 0 Å². The van der Waals surface area contributed by atoms with E-state index in [2.05, 4.69) is 16.5 Å². The van der Waals surface area contributed by atoms with Crippen LogP contribution in [0.4, 0.5) is 0 Å². The molecule has 0 saturated heterocycles. The fourth-order valence-electron chi connectivity index (χ4n) is 3.58. The van der Waals surface area contributed by atoms with Gasteiger partial charge in [0, 0.05) is 5.56 Å². The molecule has 1 aromatic carbocycles. The zero-order valence-electron chi connectivity index (χ0n) is 11.8. The number of fused-ring (bicyclic) bond motifs is 1. The number of hydrazone groups is 1. The fraction of sp³-hybridized carbons (Fsp3) is 0.562. The molecule has 1 aliphatic heterocycles. The Morgan fingerprint density at radius 2 is 2.00 bits per heavy atom. The smallest absolute Gasteiger partial charge is 0.153 e. The maximum Gasteiger partial charge on any atom is 0.153 e. The number of nitrogens with one attached hydrogen (secondary N) is 1. The molecule has 2 atom stereocenters. The SMILES string of the molecule is N/N=C1\NC(CC(O)C2CCCCC2)c2ccccc21. The standard InChI is InChI=1S/C16H23N3O/c17-19-16-13-9-5-4-8-12(13)14(18-16)10-15(20)11-6-2-1-3-7-11/h4-5,8-9,11,14-15,20H,1-3,6-7,10,17H2,(H,18,19). The van der Waals surface area contributed by atoms with Crippen LogP contribution in [0.3, 0.4) is 0 Å². The monoisotopic (exact) mass is 273 g/mol. The molecule has 20 heavy (non-hydrogen) atoms. The molecule has 0 spiro atoms. The number of hydrogen-bond acceptors (Lipinski definition) is 3. The summed E-state index contributed by atoms with van der Waals surface area (Å²) in [5.74, 6) is 6.64.